The van der Waals surface area contributed by atoms with Gasteiger partial charge in [-0.25, -0.2) is 4.39 Å². The molecule has 2 heterocycles. The Morgan fingerprint density at radius 1 is 1.09 bits per heavy atom. The highest BCUT2D eigenvalue weighted by Crippen LogP contribution is 2.37. The number of hydrogen-bond donors (Lipinski definition) is 1. The van der Waals surface area contributed by atoms with E-state index in [1.165, 1.54) is 77.4 Å². The number of amides is 3. The van der Waals surface area contributed by atoms with E-state index in [0.29, 0.717) is 0 Å². The van der Waals surface area contributed by atoms with Gasteiger partial charge in [-0.3, -0.25) is 19.1 Å². The molecule has 0 radical (unpaired) electrons. The van der Waals surface area contributed by atoms with Crippen LogP contribution in [-0.4, -0.2) is 73.4 Å². The lowest BCUT2D eigenvalue weighted by atomic mass is 9.99. The summed E-state index contributed by atoms with van der Waals surface area (Å²) in [4.78, 5) is 42.5. The van der Waals surface area contributed by atoms with E-state index < -0.39 is 35.2 Å². The van der Waals surface area contributed by atoms with Crippen LogP contribution in [-0.2, 0) is 15.5 Å². The summed E-state index contributed by atoms with van der Waals surface area (Å²) in [6.45, 7) is -0.0581. The molecule has 14 heteroatoms. The van der Waals surface area contributed by atoms with Crippen molar-refractivity contribution < 1.29 is 37.0 Å². The summed E-state index contributed by atoms with van der Waals surface area (Å²) in [6, 6.07) is 14.7. The molecule has 3 aromatic carbocycles. The molecule has 5 rings (SSSR count). The third kappa shape index (κ3) is 6.52. The second-order valence-electron chi connectivity index (χ2n) is 10.7. The van der Waals surface area contributed by atoms with Gasteiger partial charge in [-0.05, 0) is 54.6 Å². The standard InChI is InChI=1S/C33H29F3N6O5/c1-40(29(43)19-46-2)17-26-18-41(25-11-7-23(8-12-25)33(35,36)22-5-9-24(34)10-6-22)32(45)30-27(16-38-42(26)30)39-31(44)20-4-13-28(47-3)21(14-20)15-37/h4-14,16,26H,17-19H2,1-3H3,(H,39,44). The molecule has 1 aromatic heterocycles. The van der Waals surface area contributed by atoms with E-state index >= 15 is 8.78 Å². The number of rotatable bonds is 10. The fraction of sp³-hybridized carbons (Fsp3) is 0.242. The molecule has 0 bridgehead atoms. The van der Waals surface area contributed by atoms with Crippen LogP contribution in [0.3, 0.4) is 0 Å². The highest BCUT2D eigenvalue weighted by Gasteiger charge is 2.38. The van der Waals surface area contributed by atoms with Gasteiger partial charge in [0.05, 0.1) is 37.1 Å². The van der Waals surface area contributed by atoms with Crippen molar-refractivity contribution in [2.45, 2.75) is 12.0 Å². The van der Waals surface area contributed by atoms with Gasteiger partial charge < -0.3 is 24.6 Å². The molecular weight excluding hydrogens is 617 g/mol. The largest absolute Gasteiger partial charge is 0.495 e. The summed E-state index contributed by atoms with van der Waals surface area (Å²) in [5, 5.41) is 16.5. The lowest BCUT2D eigenvalue weighted by molar-refractivity contribution is -0.134. The molecule has 0 aliphatic carbocycles. The maximum atomic E-state index is 15.2. The minimum Gasteiger partial charge on any atom is -0.495 e. The Kier molecular flexibility index (Phi) is 9.29. The predicted octanol–water partition coefficient (Wildman–Crippen LogP) is 4.60. The molecule has 1 aliphatic heterocycles. The van der Waals surface area contributed by atoms with Gasteiger partial charge in [-0.15, -0.1) is 0 Å². The molecule has 47 heavy (non-hydrogen) atoms. The fourth-order valence-electron chi connectivity index (χ4n) is 5.26. The Balaban J connectivity index is 1.48. The summed E-state index contributed by atoms with van der Waals surface area (Å²) >= 11 is 0. The average Bonchev–Trinajstić information content (AvgIpc) is 3.50. The van der Waals surface area contributed by atoms with Crippen molar-refractivity contribution in [1.29, 1.82) is 5.26 Å². The zero-order valence-electron chi connectivity index (χ0n) is 25.5. The van der Waals surface area contributed by atoms with Crippen LogP contribution in [0.5, 0.6) is 5.75 Å². The van der Waals surface area contributed by atoms with Gasteiger partial charge >= 0.3 is 0 Å². The van der Waals surface area contributed by atoms with Crippen molar-refractivity contribution in [2.75, 3.05) is 51.2 Å². The zero-order valence-corrected chi connectivity index (χ0v) is 25.5. The third-order valence-corrected chi connectivity index (χ3v) is 7.74. The number of carbonyl (C=O) groups is 3. The number of nitrogens with zero attached hydrogens (tertiary/aromatic N) is 5. The minimum atomic E-state index is -3.44. The molecule has 4 aromatic rings. The summed E-state index contributed by atoms with van der Waals surface area (Å²) in [6.07, 6.45) is 1.31. The van der Waals surface area contributed by atoms with Gasteiger partial charge in [0.25, 0.3) is 17.7 Å². The Labute approximate surface area is 267 Å². The number of halogens is 3. The van der Waals surface area contributed by atoms with Crippen LogP contribution >= 0.6 is 0 Å². The Morgan fingerprint density at radius 3 is 2.36 bits per heavy atom. The normalized spacial score (nSPS) is 14.3. The van der Waals surface area contributed by atoms with Crippen molar-refractivity contribution >= 4 is 29.1 Å². The molecule has 1 atom stereocenters. The summed E-state index contributed by atoms with van der Waals surface area (Å²) in [7, 11) is 4.35. The number of benzene rings is 3. The van der Waals surface area contributed by atoms with Crippen LogP contribution in [0.1, 0.15) is 43.6 Å². The van der Waals surface area contributed by atoms with Crippen molar-refractivity contribution in [3.8, 4) is 11.8 Å². The highest BCUT2D eigenvalue weighted by atomic mass is 19.3. The molecule has 0 spiro atoms. The maximum Gasteiger partial charge on any atom is 0.298 e. The lowest BCUT2D eigenvalue weighted by Gasteiger charge is -2.36. The van der Waals surface area contributed by atoms with Crippen molar-refractivity contribution in [1.82, 2.24) is 14.7 Å². The van der Waals surface area contributed by atoms with E-state index in [1.807, 2.05) is 6.07 Å². The van der Waals surface area contributed by atoms with Crippen LogP contribution in [0.15, 0.2) is 72.9 Å². The van der Waals surface area contributed by atoms with Gasteiger partial charge in [0, 0.05) is 43.1 Å². The van der Waals surface area contributed by atoms with Gasteiger partial charge in [0.15, 0.2) is 5.69 Å². The number of alkyl halides is 2. The van der Waals surface area contributed by atoms with E-state index in [1.54, 1.807) is 7.05 Å². The number of methoxy groups -OCH3 is 2. The molecular formula is C33H29F3N6O5. The van der Waals surface area contributed by atoms with Crippen LogP contribution in [0.25, 0.3) is 0 Å². The molecule has 3 amide bonds. The maximum absolute atomic E-state index is 15.2. The molecule has 242 valence electrons. The van der Waals surface area contributed by atoms with E-state index in [9.17, 15) is 24.0 Å². The number of aromatic nitrogens is 2. The Morgan fingerprint density at radius 2 is 1.74 bits per heavy atom. The quantitative estimate of drug-likeness (QED) is 0.267. The molecule has 1 N–H and O–H groups in total. The third-order valence-electron chi connectivity index (χ3n) is 7.74. The summed E-state index contributed by atoms with van der Waals surface area (Å²) in [5.41, 5.74) is -0.159. The topological polar surface area (TPSA) is 130 Å². The van der Waals surface area contributed by atoms with Gasteiger partial charge in [-0.1, -0.05) is 12.1 Å². The Bertz CT molecular complexity index is 1850. The SMILES string of the molecule is COCC(=O)N(C)CC1CN(c2ccc(C(F)(F)c3ccc(F)cc3)cc2)C(=O)c2c(NC(=O)c3ccc(OC)c(C#N)c3)cnn21. The van der Waals surface area contributed by atoms with Crippen LogP contribution in [0.4, 0.5) is 24.5 Å². The molecule has 0 saturated heterocycles. The second kappa shape index (κ2) is 13.4. The van der Waals surface area contributed by atoms with Crippen molar-refractivity contribution in [2.24, 2.45) is 0 Å². The molecule has 11 nitrogen and oxygen atoms in total. The van der Waals surface area contributed by atoms with E-state index in [2.05, 4.69) is 10.4 Å². The van der Waals surface area contributed by atoms with Gasteiger partial charge in [-0.2, -0.15) is 19.1 Å². The van der Waals surface area contributed by atoms with Crippen LogP contribution in [0.2, 0.25) is 0 Å². The van der Waals surface area contributed by atoms with Crippen LogP contribution < -0.4 is 15.0 Å². The first-order valence-electron chi connectivity index (χ1n) is 14.2. The number of anilines is 2. The van der Waals surface area contributed by atoms with Crippen molar-refractivity contribution in [3.05, 3.63) is 107 Å². The number of hydrogen-bond acceptors (Lipinski definition) is 7. The monoisotopic (exact) mass is 646 g/mol. The van der Waals surface area contributed by atoms with E-state index in [4.69, 9.17) is 9.47 Å². The minimum absolute atomic E-state index is 0.00284. The summed E-state index contributed by atoms with van der Waals surface area (Å²) < 4.78 is 55.3. The molecule has 1 unspecified atom stereocenters. The first-order valence-corrected chi connectivity index (χ1v) is 14.2. The van der Waals surface area contributed by atoms with E-state index in [0.717, 1.165) is 24.3 Å². The molecule has 0 saturated carbocycles. The summed E-state index contributed by atoms with van der Waals surface area (Å²) in [5.74, 6) is -5.31. The number of fused-ring (bicyclic) bond motifs is 1. The first-order chi connectivity index (χ1) is 22.5. The number of carbonyl (C=O) groups excluding carboxylic acids is 3. The van der Waals surface area contributed by atoms with E-state index in [-0.39, 0.29) is 65.1 Å². The zero-order chi connectivity index (χ0) is 33.9. The number of nitriles is 1. The number of ether oxygens (including phenoxy) is 2. The lowest BCUT2D eigenvalue weighted by Crippen LogP contribution is -2.48. The van der Waals surface area contributed by atoms with Gasteiger partial charge in [0.1, 0.15) is 24.2 Å². The second-order valence-corrected chi connectivity index (χ2v) is 10.7. The predicted molar refractivity (Wildman–Crippen MR) is 164 cm³/mol. The molecule has 0 fully saturated rings. The highest BCUT2D eigenvalue weighted by molar-refractivity contribution is 6.13. The average molecular weight is 647 g/mol. The number of nitrogens with one attached hydrogen (secondary N) is 1. The fourth-order valence-corrected chi connectivity index (χ4v) is 5.26. The Hall–Kier alpha value is -5.68. The van der Waals surface area contributed by atoms with Crippen molar-refractivity contribution in [3.63, 3.8) is 0 Å². The first kappa shape index (κ1) is 32.7. The van der Waals surface area contributed by atoms with Gasteiger partial charge in [0.2, 0.25) is 5.91 Å². The smallest absolute Gasteiger partial charge is 0.298 e. The number of likely N-dealkylation sites (N-methyl/N-ethyl adjacent to an activating group) is 1. The molecule has 1 aliphatic rings. The van der Waals surface area contributed by atoms with Crippen LogP contribution in [0, 0.1) is 17.1 Å².